The summed E-state index contributed by atoms with van der Waals surface area (Å²) < 4.78 is 37.7. The lowest BCUT2D eigenvalue weighted by Gasteiger charge is -2.27. The van der Waals surface area contributed by atoms with Crippen molar-refractivity contribution >= 4 is 0 Å². The van der Waals surface area contributed by atoms with E-state index < -0.39 is 17.7 Å². The minimum absolute atomic E-state index is 0.150. The van der Waals surface area contributed by atoms with E-state index in [0.717, 1.165) is 12.1 Å². The van der Waals surface area contributed by atoms with Crippen LogP contribution in [0.25, 0.3) is 0 Å². The Kier molecular flexibility index (Phi) is 8.62. The molecule has 0 bridgehead atoms. The van der Waals surface area contributed by atoms with Crippen molar-refractivity contribution in [2.24, 2.45) is 0 Å². The molecule has 4 nitrogen and oxygen atoms in total. The van der Waals surface area contributed by atoms with Crippen LogP contribution < -0.4 is 0 Å². The maximum Gasteiger partial charge on any atom is 0.128 e. The molecule has 1 N–H and O–H groups in total. The van der Waals surface area contributed by atoms with E-state index >= 15 is 0 Å². The van der Waals surface area contributed by atoms with Crippen LogP contribution in [-0.4, -0.2) is 55.6 Å². The monoisotopic (exact) mass is 331 g/mol. The van der Waals surface area contributed by atoms with Crippen LogP contribution in [0.2, 0.25) is 0 Å². The molecule has 132 valence electrons. The molecule has 1 aromatic rings. The van der Waals surface area contributed by atoms with Gasteiger partial charge in [0.15, 0.2) is 0 Å². The summed E-state index contributed by atoms with van der Waals surface area (Å²) in [4.78, 5) is 1.76. The lowest BCUT2D eigenvalue weighted by atomic mass is 10.1. The Labute approximate surface area is 137 Å². The maximum absolute atomic E-state index is 13.8. The van der Waals surface area contributed by atoms with Gasteiger partial charge in [0.1, 0.15) is 11.6 Å². The lowest BCUT2D eigenvalue weighted by Crippen LogP contribution is -2.34. The van der Waals surface area contributed by atoms with Crippen LogP contribution >= 0.6 is 0 Å². The molecule has 0 heterocycles. The quantitative estimate of drug-likeness (QED) is 0.670. The van der Waals surface area contributed by atoms with Gasteiger partial charge in [-0.05, 0) is 46.0 Å². The largest absolute Gasteiger partial charge is 0.389 e. The Balaban J connectivity index is 2.39. The molecule has 2 atom stereocenters. The van der Waals surface area contributed by atoms with Crippen molar-refractivity contribution < 1.29 is 23.4 Å². The fourth-order valence-corrected chi connectivity index (χ4v) is 2.18. The van der Waals surface area contributed by atoms with Crippen LogP contribution in [-0.2, 0) is 9.47 Å². The zero-order valence-corrected chi connectivity index (χ0v) is 14.3. The van der Waals surface area contributed by atoms with Gasteiger partial charge in [0.2, 0.25) is 0 Å². The molecule has 6 heteroatoms. The summed E-state index contributed by atoms with van der Waals surface area (Å²) in [6.07, 6.45) is -0.560. The van der Waals surface area contributed by atoms with Crippen molar-refractivity contribution in [1.29, 1.82) is 0 Å². The molecule has 0 fully saturated rings. The van der Waals surface area contributed by atoms with Gasteiger partial charge in [-0.15, -0.1) is 0 Å². The Morgan fingerprint density at radius 2 is 1.87 bits per heavy atom. The molecule has 2 unspecified atom stereocenters. The Bertz CT molecular complexity index is 471. The first-order chi connectivity index (χ1) is 10.8. The number of aliphatic hydroxyl groups is 1. The number of halogens is 2. The third-order valence-corrected chi connectivity index (χ3v) is 3.56. The first-order valence-corrected chi connectivity index (χ1v) is 7.83. The highest BCUT2D eigenvalue weighted by Crippen LogP contribution is 2.22. The van der Waals surface area contributed by atoms with Gasteiger partial charge >= 0.3 is 0 Å². The standard InChI is InChI=1S/C17H27F2NO3/c1-12(2)23-8-7-22-11-15(21)10-20(4)13(3)16-9-14(18)5-6-17(16)19/h5-6,9,12-13,15,21H,7-8,10-11H2,1-4H3. The second-order valence-corrected chi connectivity index (χ2v) is 5.93. The third-order valence-electron chi connectivity index (χ3n) is 3.56. The van der Waals surface area contributed by atoms with E-state index in [-0.39, 0.29) is 24.3 Å². The molecule has 0 aromatic heterocycles. The van der Waals surface area contributed by atoms with Crippen molar-refractivity contribution in [1.82, 2.24) is 4.90 Å². The number of likely N-dealkylation sites (N-methyl/N-ethyl adjacent to an activating group) is 1. The Morgan fingerprint density at radius 3 is 2.52 bits per heavy atom. The molecule has 0 aliphatic carbocycles. The highest BCUT2D eigenvalue weighted by molar-refractivity contribution is 5.21. The minimum Gasteiger partial charge on any atom is -0.389 e. The van der Waals surface area contributed by atoms with Gasteiger partial charge < -0.3 is 14.6 Å². The topological polar surface area (TPSA) is 41.9 Å². The molecule has 0 saturated carbocycles. The molecule has 0 aliphatic heterocycles. The Hall–Kier alpha value is -1.08. The summed E-state index contributed by atoms with van der Waals surface area (Å²) in [7, 11) is 1.75. The van der Waals surface area contributed by atoms with Crippen molar-refractivity contribution in [3.8, 4) is 0 Å². The van der Waals surface area contributed by atoms with Gasteiger partial charge in [-0.2, -0.15) is 0 Å². The summed E-state index contributed by atoms with van der Waals surface area (Å²) in [5.74, 6) is -0.932. The molecule has 0 saturated heterocycles. The number of benzene rings is 1. The number of nitrogens with zero attached hydrogens (tertiary/aromatic N) is 1. The average Bonchev–Trinajstić information content (AvgIpc) is 2.48. The van der Waals surface area contributed by atoms with E-state index in [0.29, 0.717) is 19.8 Å². The van der Waals surface area contributed by atoms with Crippen LogP contribution in [0, 0.1) is 11.6 Å². The molecule has 23 heavy (non-hydrogen) atoms. The first-order valence-electron chi connectivity index (χ1n) is 7.83. The molecule has 1 aromatic carbocycles. The van der Waals surface area contributed by atoms with Gasteiger partial charge in [0.25, 0.3) is 0 Å². The maximum atomic E-state index is 13.8. The summed E-state index contributed by atoms with van der Waals surface area (Å²) in [5, 5.41) is 9.97. The van der Waals surface area contributed by atoms with E-state index in [4.69, 9.17) is 9.47 Å². The van der Waals surface area contributed by atoms with Crippen LogP contribution in [0.15, 0.2) is 18.2 Å². The zero-order chi connectivity index (χ0) is 17.4. The molecule has 0 spiro atoms. The van der Waals surface area contributed by atoms with Gasteiger partial charge in [0, 0.05) is 18.2 Å². The lowest BCUT2D eigenvalue weighted by molar-refractivity contribution is -0.0194. The van der Waals surface area contributed by atoms with Gasteiger partial charge in [0.05, 0.1) is 32.0 Å². The fourth-order valence-electron chi connectivity index (χ4n) is 2.18. The summed E-state index contributed by atoms with van der Waals surface area (Å²) >= 11 is 0. The van der Waals surface area contributed by atoms with Crippen LogP contribution in [0.1, 0.15) is 32.4 Å². The van der Waals surface area contributed by atoms with Crippen LogP contribution in [0.4, 0.5) is 8.78 Å². The van der Waals surface area contributed by atoms with Crippen LogP contribution in [0.5, 0.6) is 0 Å². The number of hydrogen-bond acceptors (Lipinski definition) is 4. The summed E-state index contributed by atoms with van der Waals surface area (Å²) in [6, 6.07) is 3.03. The highest BCUT2D eigenvalue weighted by Gasteiger charge is 2.19. The summed E-state index contributed by atoms with van der Waals surface area (Å²) in [6.45, 7) is 7.00. The van der Waals surface area contributed by atoms with Crippen molar-refractivity contribution in [3.05, 3.63) is 35.4 Å². The molecular formula is C17H27F2NO3. The normalized spacial score (nSPS) is 14.5. The number of ether oxygens (including phenoxy) is 2. The van der Waals surface area contributed by atoms with E-state index in [1.54, 1.807) is 18.9 Å². The van der Waals surface area contributed by atoms with Gasteiger partial charge in [-0.3, -0.25) is 4.90 Å². The second kappa shape index (κ2) is 9.93. The fraction of sp³-hybridized carbons (Fsp3) is 0.647. The van der Waals surface area contributed by atoms with E-state index in [9.17, 15) is 13.9 Å². The smallest absolute Gasteiger partial charge is 0.128 e. The van der Waals surface area contributed by atoms with E-state index in [1.807, 2.05) is 13.8 Å². The van der Waals surface area contributed by atoms with E-state index in [2.05, 4.69) is 0 Å². The minimum atomic E-state index is -0.710. The third kappa shape index (κ3) is 7.35. The number of rotatable bonds is 10. The van der Waals surface area contributed by atoms with Gasteiger partial charge in [-0.1, -0.05) is 0 Å². The predicted octanol–water partition coefficient (Wildman–Crippen LogP) is 2.76. The molecule has 0 radical (unpaired) electrons. The zero-order valence-electron chi connectivity index (χ0n) is 14.3. The molecule has 0 aliphatic rings. The van der Waals surface area contributed by atoms with Crippen molar-refractivity contribution in [2.45, 2.75) is 39.0 Å². The van der Waals surface area contributed by atoms with E-state index in [1.165, 1.54) is 6.07 Å². The van der Waals surface area contributed by atoms with Crippen molar-refractivity contribution in [2.75, 3.05) is 33.4 Å². The second-order valence-electron chi connectivity index (χ2n) is 5.93. The molecule has 0 amide bonds. The van der Waals surface area contributed by atoms with Gasteiger partial charge in [-0.25, -0.2) is 8.78 Å². The highest BCUT2D eigenvalue weighted by atomic mass is 19.1. The Morgan fingerprint density at radius 1 is 1.17 bits per heavy atom. The van der Waals surface area contributed by atoms with Crippen molar-refractivity contribution in [3.63, 3.8) is 0 Å². The summed E-state index contributed by atoms with van der Waals surface area (Å²) in [5.41, 5.74) is 0.269. The molecule has 1 rings (SSSR count). The SMILES string of the molecule is CC(C)OCCOCC(O)CN(C)C(C)c1cc(F)ccc1F. The number of aliphatic hydroxyl groups excluding tert-OH is 1. The number of hydrogen-bond donors (Lipinski definition) is 1. The van der Waals surface area contributed by atoms with Crippen LogP contribution in [0.3, 0.4) is 0 Å². The molecular weight excluding hydrogens is 304 g/mol. The first kappa shape index (κ1) is 20.0. The average molecular weight is 331 g/mol. The predicted molar refractivity (Wildman–Crippen MR) is 85.3 cm³/mol.